The summed E-state index contributed by atoms with van der Waals surface area (Å²) in [6.07, 6.45) is 0.922. The minimum Gasteiger partial charge on any atom is -0.385 e. The molecule has 4 nitrogen and oxygen atoms in total. The number of anilines is 1. The molecule has 104 valence electrons. The Balaban J connectivity index is 2.16. The van der Waals surface area contributed by atoms with E-state index in [1.165, 1.54) is 11.1 Å². The average molecular weight is 262 g/mol. The van der Waals surface area contributed by atoms with Crippen molar-refractivity contribution in [1.82, 2.24) is 5.32 Å². The van der Waals surface area contributed by atoms with Gasteiger partial charge in [0, 0.05) is 32.0 Å². The van der Waals surface area contributed by atoms with Gasteiger partial charge in [0.1, 0.15) is 0 Å². The van der Waals surface area contributed by atoms with E-state index in [9.17, 15) is 4.79 Å². The fourth-order valence-electron chi connectivity index (χ4n) is 2.43. The Kier molecular flexibility index (Phi) is 4.56. The van der Waals surface area contributed by atoms with Crippen molar-refractivity contribution in [2.24, 2.45) is 0 Å². The van der Waals surface area contributed by atoms with Crippen LogP contribution in [-0.2, 0) is 9.53 Å². The predicted octanol–water partition coefficient (Wildman–Crippen LogP) is 1.64. The standard InChI is InChI=1S/C15H22N2O2/c1-11-5-4-6-14(12(11)2)17-10-13(7-8-19-3)16-9-15(17)18/h4-6,13,16H,7-10H2,1-3H3/t13-/m0/s1. The first-order valence-corrected chi connectivity index (χ1v) is 6.72. The fraction of sp³-hybridized carbons (Fsp3) is 0.533. The normalized spacial score (nSPS) is 19.8. The number of amides is 1. The molecule has 1 N–H and O–H groups in total. The summed E-state index contributed by atoms with van der Waals surface area (Å²) in [6.45, 7) is 5.98. The number of rotatable bonds is 4. The van der Waals surface area contributed by atoms with Crippen LogP contribution in [0.25, 0.3) is 0 Å². The molecular weight excluding hydrogens is 240 g/mol. The van der Waals surface area contributed by atoms with E-state index in [1.807, 2.05) is 17.0 Å². The van der Waals surface area contributed by atoms with E-state index in [0.29, 0.717) is 25.7 Å². The third kappa shape index (κ3) is 3.14. The first-order chi connectivity index (χ1) is 9.13. The molecule has 0 aromatic heterocycles. The van der Waals surface area contributed by atoms with Gasteiger partial charge in [0.2, 0.25) is 5.91 Å². The quantitative estimate of drug-likeness (QED) is 0.897. The Hall–Kier alpha value is -1.39. The topological polar surface area (TPSA) is 41.6 Å². The second-order valence-electron chi connectivity index (χ2n) is 5.08. The van der Waals surface area contributed by atoms with Crippen molar-refractivity contribution < 1.29 is 9.53 Å². The van der Waals surface area contributed by atoms with E-state index in [1.54, 1.807) is 7.11 Å². The Morgan fingerprint density at radius 3 is 2.95 bits per heavy atom. The van der Waals surface area contributed by atoms with Gasteiger partial charge >= 0.3 is 0 Å². The van der Waals surface area contributed by atoms with E-state index in [4.69, 9.17) is 4.74 Å². The van der Waals surface area contributed by atoms with Crippen molar-refractivity contribution >= 4 is 11.6 Å². The summed E-state index contributed by atoms with van der Waals surface area (Å²) in [7, 11) is 1.70. The number of aryl methyl sites for hydroxylation is 1. The van der Waals surface area contributed by atoms with Gasteiger partial charge < -0.3 is 15.0 Å². The number of nitrogens with one attached hydrogen (secondary N) is 1. The molecule has 1 aromatic carbocycles. The monoisotopic (exact) mass is 262 g/mol. The zero-order chi connectivity index (χ0) is 13.8. The van der Waals surface area contributed by atoms with Gasteiger partial charge in [-0.05, 0) is 37.5 Å². The van der Waals surface area contributed by atoms with Gasteiger partial charge in [0.05, 0.1) is 6.54 Å². The second kappa shape index (κ2) is 6.17. The highest BCUT2D eigenvalue weighted by molar-refractivity contribution is 5.96. The molecule has 0 saturated carbocycles. The predicted molar refractivity (Wildman–Crippen MR) is 76.6 cm³/mol. The molecule has 2 rings (SSSR count). The maximum Gasteiger partial charge on any atom is 0.241 e. The number of benzene rings is 1. The van der Waals surface area contributed by atoms with Crippen LogP contribution >= 0.6 is 0 Å². The van der Waals surface area contributed by atoms with E-state index in [-0.39, 0.29) is 5.91 Å². The van der Waals surface area contributed by atoms with Crippen LogP contribution in [0.4, 0.5) is 5.69 Å². The van der Waals surface area contributed by atoms with Gasteiger partial charge in [-0.3, -0.25) is 4.79 Å². The lowest BCUT2D eigenvalue weighted by Gasteiger charge is -2.34. The number of carbonyl (C=O) groups is 1. The van der Waals surface area contributed by atoms with E-state index in [2.05, 4.69) is 25.2 Å². The van der Waals surface area contributed by atoms with Crippen LogP contribution in [0.2, 0.25) is 0 Å². The minimum absolute atomic E-state index is 0.141. The molecule has 4 heteroatoms. The number of ether oxygens (including phenoxy) is 1. The van der Waals surface area contributed by atoms with Gasteiger partial charge in [-0.1, -0.05) is 12.1 Å². The van der Waals surface area contributed by atoms with E-state index >= 15 is 0 Å². The number of carbonyl (C=O) groups excluding carboxylic acids is 1. The van der Waals surface area contributed by atoms with Crippen molar-refractivity contribution in [1.29, 1.82) is 0 Å². The van der Waals surface area contributed by atoms with Crippen molar-refractivity contribution in [3.8, 4) is 0 Å². The van der Waals surface area contributed by atoms with Gasteiger partial charge in [0.15, 0.2) is 0 Å². The van der Waals surface area contributed by atoms with Crippen LogP contribution in [0.3, 0.4) is 0 Å². The van der Waals surface area contributed by atoms with Crippen LogP contribution in [0.15, 0.2) is 18.2 Å². The third-order valence-electron chi connectivity index (χ3n) is 3.78. The van der Waals surface area contributed by atoms with Crippen molar-refractivity contribution in [3.05, 3.63) is 29.3 Å². The molecule has 1 fully saturated rings. The summed E-state index contributed by atoms with van der Waals surface area (Å²) >= 11 is 0. The minimum atomic E-state index is 0.141. The molecular formula is C15H22N2O2. The van der Waals surface area contributed by atoms with Gasteiger partial charge in [-0.2, -0.15) is 0 Å². The number of nitrogens with zero attached hydrogens (tertiary/aromatic N) is 1. The lowest BCUT2D eigenvalue weighted by atomic mass is 10.0. The molecule has 1 atom stereocenters. The van der Waals surface area contributed by atoms with Gasteiger partial charge in [-0.25, -0.2) is 0 Å². The van der Waals surface area contributed by atoms with Crippen LogP contribution in [0.5, 0.6) is 0 Å². The lowest BCUT2D eigenvalue weighted by molar-refractivity contribution is -0.119. The number of hydrogen-bond donors (Lipinski definition) is 1. The Morgan fingerprint density at radius 2 is 2.21 bits per heavy atom. The molecule has 19 heavy (non-hydrogen) atoms. The number of methoxy groups -OCH3 is 1. The Labute approximate surface area is 114 Å². The molecule has 1 aliphatic heterocycles. The average Bonchev–Trinajstić information content (AvgIpc) is 2.41. The van der Waals surface area contributed by atoms with E-state index < -0.39 is 0 Å². The Bertz CT molecular complexity index is 459. The van der Waals surface area contributed by atoms with Gasteiger partial charge in [-0.15, -0.1) is 0 Å². The smallest absolute Gasteiger partial charge is 0.241 e. The molecule has 0 spiro atoms. The zero-order valence-corrected chi connectivity index (χ0v) is 11.9. The molecule has 0 unspecified atom stereocenters. The number of hydrogen-bond acceptors (Lipinski definition) is 3. The van der Waals surface area contributed by atoms with Crippen LogP contribution in [-0.4, -0.2) is 38.8 Å². The molecule has 1 aliphatic rings. The summed E-state index contributed by atoms with van der Waals surface area (Å²) in [4.78, 5) is 14.0. The summed E-state index contributed by atoms with van der Waals surface area (Å²) in [5, 5.41) is 3.27. The SMILES string of the molecule is COCC[C@H]1CN(c2cccc(C)c2C)C(=O)CN1. The summed E-state index contributed by atoms with van der Waals surface area (Å²) < 4.78 is 5.11. The highest BCUT2D eigenvalue weighted by Gasteiger charge is 2.26. The van der Waals surface area contributed by atoms with Gasteiger partial charge in [0.25, 0.3) is 0 Å². The van der Waals surface area contributed by atoms with Crippen molar-refractivity contribution in [2.45, 2.75) is 26.3 Å². The summed E-state index contributed by atoms with van der Waals surface area (Å²) in [5.74, 6) is 0.141. The third-order valence-corrected chi connectivity index (χ3v) is 3.78. The maximum atomic E-state index is 12.1. The van der Waals surface area contributed by atoms with Crippen LogP contribution < -0.4 is 10.2 Å². The van der Waals surface area contributed by atoms with Crippen LogP contribution in [0.1, 0.15) is 17.5 Å². The molecule has 1 aromatic rings. The maximum absolute atomic E-state index is 12.1. The van der Waals surface area contributed by atoms with E-state index in [0.717, 1.165) is 12.1 Å². The highest BCUT2D eigenvalue weighted by Crippen LogP contribution is 2.24. The van der Waals surface area contributed by atoms with Crippen LogP contribution in [0, 0.1) is 13.8 Å². The van der Waals surface area contributed by atoms with Crippen molar-refractivity contribution in [2.75, 3.05) is 31.7 Å². The highest BCUT2D eigenvalue weighted by atomic mass is 16.5. The Morgan fingerprint density at radius 1 is 1.42 bits per heavy atom. The largest absolute Gasteiger partial charge is 0.385 e. The first kappa shape index (κ1) is 14.0. The lowest BCUT2D eigenvalue weighted by Crippen LogP contribution is -2.54. The molecule has 1 amide bonds. The number of piperazine rings is 1. The molecule has 1 saturated heterocycles. The molecule has 0 aliphatic carbocycles. The fourth-order valence-corrected chi connectivity index (χ4v) is 2.43. The zero-order valence-electron chi connectivity index (χ0n) is 11.9. The summed E-state index contributed by atoms with van der Waals surface area (Å²) in [6, 6.07) is 6.42. The molecule has 0 radical (unpaired) electrons. The first-order valence-electron chi connectivity index (χ1n) is 6.72. The second-order valence-corrected chi connectivity index (χ2v) is 5.08. The summed E-state index contributed by atoms with van der Waals surface area (Å²) in [5.41, 5.74) is 3.44. The molecule has 1 heterocycles. The van der Waals surface area contributed by atoms with Crippen molar-refractivity contribution in [3.63, 3.8) is 0 Å². The molecule has 0 bridgehead atoms.